The Labute approximate surface area is 126 Å². The third-order valence-corrected chi connectivity index (χ3v) is 3.76. The topological polar surface area (TPSA) is 51.8 Å². The second-order valence-electron chi connectivity index (χ2n) is 4.45. The molecule has 0 saturated carbocycles. The summed E-state index contributed by atoms with van der Waals surface area (Å²) in [7, 11) is 0. The molecule has 0 atom stereocenters. The molecule has 3 aromatic rings. The van der Waals surface area contributed by atoms with Crippen LogP contribution in [-0.4, -0.2) is 9.97 Å². The van der Waals surface area contributed by atoms with Gasteiger partial charge in [-0.25, -0.2) is 4.98 Å². The van der Waals surface area contributed by atoms with Gasteiger partial charge >= 0.3 is 0 Å². The first-order valence-corrected chi connectivity index (χ1v) is 6.84. The zero-order valence-corrected chi connectivity index (χ0v) is 12.0. The van der Waals surface area contributed by atoms with E-state index in [0.29, 0.717) is 28.0 Å². The third-order valence-electron chi connectivity index (χ3n) is 3.13. The molecular weight excluding hydrogens is 293 g/mol. The van der Waals surface area contributed by atoms with Crippen molar-refractivity contribution in [3.8, 4) is 0 Å². The van der Waals surface area contributed by atoms with E-state index in [4.69, 9.17) is 28.9 Å². The molecule has 0 amide bonds. The molecule has 0 spiro atoms. The van der Waals surface area contributed by atoms with E-state index in [1.807, 2.05) is 30.3 Å². The number of aromatic nitrogens is 2. The summed E-state index contributed by atoms with van der Waals surface area (Å²) in [4.78, 5) is 8.61. The molecule has 100 valence electrons. The van der Waals surface area contributed by atoms with E-state index < -0.39 is 0 Å². The van der Waals surface area contributed by atoms with Crippen molar-refractivity contribution in [2.75, 3.05) is 5.73 Å². The number of benzene rings is 1. The summed E-state index contributed by atoms with van der Waals surface area (Å²) >= 11 is 12.1. The fourth-order valence-electron chi connectivity index (χ4n) is 2.13. The molecular formula is C15H11Cl2N3. The van der Waals surface area contributed by atoms with Crippen LogP contribution in [0.1, 0.15) is 11.3 Å². The molecule has 2 aromatic heterocycles. The highest BCUT2D eigenvalue weighted by atomic mass is 35.5. The molecule has 0 radical (unpaired) electrons. The van der Waals surface area contributed by atoms with Gasteiger partial charge in [0, 0.05) is 18.0 Å². The van der Waals surface area contributed by atoms with Gasteiger partial charge in [-0.3, -0.25) is 4.98 Å². The zero-order chi connectivity index (χ0) is 14.1. The highest BCUT2D eigenvalue weighted by Gasteiger charge is 2.10. The van der Waals surface area contributed by atoms with Crippen LogP contribution in [-0.2, 0) is 6.42 Å². The Kier molecular flexibility index (Phi) is 3.47. The predicted molar refractivity (Wildman–Crippen MR) is 83.2 cm³/mol. The molecule has 3 rings (SSSR count). The fourth-order valence-corrected chi connectivity index (χ4v) is 2.56. The first-order valence-electron chi connectivity index (χ1n) is 6.08. The molecule has 0 aliphatic carbocycles. The van der Waals surface area contributed by atoms with Crippen LogP contribution in [0.4, 0.5) is 5.82 Å². The van der Waals surface area contributed by atoms with Gasteiger partial charge in [0.25, 0.3) is 0 Å². The molecule has 0 aliphatic rings. The van der Waals surface area contributed by atoms with E-state index in [0.717, 1.165) is 16.5 Å². The Hall–Kier alpha value is -1.84. The molecule has 3 nitrogen and oxygen atoms in total. The molecule has 0 bridgehead atoms. The third kappa shape index (κ3) is 2.42. The minimum absolute atomic E-state index is 0.296. The van der Waals surface area contributed by atoms with Gasteiger partial charge in [-0.2, -0.15) is 0 Å². The van der Waals surface area contributed by atoms with Crippen LogP contribution < -0.4 is 5.73 Å². The van der Waals surface area contributed by atoms with Gasteiger partial charge in [0.1, 0.15) is 5.82 Å². The van der Waals surface area contributed by atoms with Gasteiger partial charge in [0.15, 0.2) is 0 Å². The molecule has 5 heteroatoms. The van der Waals surface area contributed by atoms with Gasteiger partial charge in [-0.05, 0) is 23.8 Å². The lowest BCUT2D eigenvalue weighted by Crippen LogP contribution is -2.00. The summed E-state index contributed by atoms with van der Waals surface area (Å²) in [5.74, 6) is 0.296. The van der Waals surface area contributed by atoms with Crippen molar-refractivity contribution in [3.05, 3.63) is 63.9 Å². The van der Waals surface area contributed by atoms with E-state index in [-0.39, 0.29) is 0 Å². The van der Waals surface area contributed by atoms with E-state index in [2.05, 4.69) is 9.97 Å². The van der Waals surface area contributed by atoms with Crippen LogP contribution in [0.2, 0.25) is 10.0 Å². The minimum Gasteiger partial charge on any atom is -0.382 e. The number of pyridine rings is 2. The smallest absolute Gasteiger partial charge is 0.142 e. The summed E-state index contributed by atoms with van der Waals surface area (Å²) in [5, 5.41) is 1.98. The number of nitrogens with two attached hydrogens (primary N) is 1. The number of nitrogens with zero attached hydrogens (tertiary/aromatic N) is 2. The van der Waals surface area contributed by atoms with Gasteiger partial charge < -0.3 is 5.73 Å². The van der Waals surface area contributed by atoms with Crippen LogP contribution in [0.3, 0.4) is 0 Å². The molecule has 0 saturated heterocycles. The van der Waals surface area contributed by atoms with Crippen molar-refractivity contribution in [2.24, 2.45) is 0 Å². The molecule has 0 aliphatic heterocycles. The number of hydrogen-bond acceptors (Lipinski definition) is 3. The number of rotatable bonds is 2. The predicted octanol–water partition coefficient (Wildman–Crippen LogP) is 4.11. The quantitative estimate of drug-likeness (QED) is 0.775. The number of nitrogen functional groups attached to an aromatic ring is 1. The van der Waals surface area contributed by atoms with Crippen LogP contribution >= 0.6 is 23.2 Å². The van der Waals surface area contributed by atoms with Crippen molar-refractivity contribution in [1.82, 2.24) is 9.97 Å². The largest absolute Gasteiger partial charge is 0.382 e. The lowest BCUT2D eigenvalue weighted by atomic mass is 10.0. The summed E-state index contributed by atoms with van der Waals surface area (Å²) in [6.45, 7) is 0. The summed E-state index contributed by atoms with van der Waals surface area (Å²) < 4.78 is 0. The van der Waals surface area contributed by atoms with E-state index >= 15 is 0 Å². The van der Waals surface area contributed by atoms with Gasteiger partial charge in [-0.1, -0.05) is 41.4 Å². The lowest BCUT2D eigenvalue weighted by molar-refractivity contribution is 1.09. The Morgan fingerprint density at radius 1 is 1.05 bits per heavy atom. The van der Waals surface area contributed by atoms with Crippen molar-refractivity contribution >= 4 is 39.9 Å². The Bertz CT molecular complexity index is 782. The Balaban J connectivity index is 2.08. The van der Waals surface area contributed by atoms with Crippen LogP contribution in [0.25, 0.3) is 10.9 Å². The number of halogens is 2. The molecule has 2 heterocycles. The average molecular weight is 304 g/mol. The number of para-hydroxylation sites is 1. The Morgan fingerprint density at radius 3 is 2.70 bits per heavy atom. The van der Waals surface area contributed by atoms with E-state index in [9.17, 15) is 0 Å². The van der Waals surface area contributed by atoms with Crippen LogP contribution in [0.15, 0.2) is 42.6 Å². The normalized spacial score (nSPS) is 10.9. The maximum Gasteiger partial charge on any atom is 0.142 e. The van der Waals surface area contributed by atoms with Crippen molar-refractivity contribution in [1.29, 1.82) is 0 Å². The zero-order valence-electron chi connectivity index (χ0n) is 10.5. The van der Waals surface area contributed by atoms with Crippen molar-refractivity contribution < 1.29 is 0 Å². The number of fused-ring (bicyclic) bond motifs is 1. The molecule has 0 fully saturated rings. The van der Waals surface area contributed by atoms with Crippen molar-refractivity contribution in [2.45, 2.75) is 6.42 Å². The van der Waals surface area contributed by atoms with Gasteiger partial charge in [-0.15, -0.1) is 0 Å². The maximum atomic E-state index is 6.18. The number of anilines is 1. The van der Waals surface area contributed by atoms with Crippen molar-refractivity contribution in [3.63, 3.8) is 0 Å². The number of hydrogen-bond donors (Lipinski definition) is 1. The fraction of sp³-hybridized carbons (Fsp3) is 0.0667. The highest BCUT2D eigenvalue weighted by molar-refractivity contribution is 6.36. The average Bonchev–Trinajstić information content (AvgIpc) is 2.45. The highest BCUT2D eigenvalue weighted by Crippen LogP contribution is 2.27. The first kappa shape index (κ1) is 13.2. The standard InChI is InChI=1S/C15H11Cl2N3/c16-11-8-12(17)15(18)20-14(11)7-9-5-6-19-13-4-2-1-3-10(9)13/h1-6,8H,7H2,(H2,18,20). The van der Waals surface area contributed by atoms with Crippen LogP contribution in [0, 0.1) is 0 Å². The van der Waals surface area contributed by atoms with E-state index in [1.54, 1.807) is 12.3 Å². The molecule has 0 unspecified atom stereocenters. The van der Waals surface area contributed by atoms with Gasteiger partial charge in [0.2, 0.25) is 0 Å². The Morgan fingerprint density at radius 2 is 1.85 bits per heavy atom. The molecule has 20 heavy (non-hydrogen) atoms. The SMILES string of the molecule is Nc1nc(Cc2ccnc3ccccc23)c(Cl)cc1Cl. The monoisotopic (exact) mass is 303 g/mol. The minimum atomic E-state index is 0.296. The first-order chi connectivity index (χ1) is 9.65. The van der Waals surface area contributed by atoms with E-state index in [1.165, 1.54) is 0 Å². The summed E-state index contributed by atoms with van der Waals surface area (Å²) in [5.41, 5.74) is 8.51. The van der Waals surface area contributed by atoms with Gasteiger partial charge in [0.05, 0.1) is 21.3 Å². The molecule has 1 aromatic carbocycles. The second kappa shape index (κ2) is 5.27. The summed E-state index contributed by atoms with van der Waals surface area (Å²) in [6, 6.07) is 11.5. The van der Waals surface area contributed by atoms with Crippen LogP contribution in [0.5, 0.6) is 0 Å². The lowest BCUT2D eigenvalue weighted by Gasteiger charge is -2.08. The summed E-state index contributed by atoms with van der Waals surface area (Å²) in [6.07, 6.45) is 2.37. The second-order valence-corrected chi connectivity index (χ2v) is 5.26. The molecule has 2 N–H and O–H groups in total. The maximum absolute atomic E-state index is 6.18.